The van der Waals surface area contributed by atoms with Crippen LogP contribution in [0.25, 0.3) is 0 Å². The summed E-state index contributed by atoms with van der Waals surface area (Å²) >= 11 is 0. The molecule has 1 unspecified atom stereocenters. The minimum Gasteiger partial charge on any atom is -0.444 e. The second kappa shape index (κ2) is 6.53. The lowest BCUT2D eigenvalue weighted by atomic mass is 10.1. The molecule has 0 spiro atoms. The van der Waals surface area contributed by atoms with E-state index < -0.39 is 36.4 Å². The molecule has 1 rings (SSSR count). The zero-order chi connectivity index (χ0) is 16.3. The van der Waals surface area contributed by atoms with Crippen molar-refractivity contribution < 1.29 is 27.5 Å². The van der Waals surface area contributed by atoms with Gasteiger partial charge in [-0.2, -0.15) is 13.2 Å². The molecule has 2 amide bonds. The van der Waals surface area contributed by atoms with Crippen LogP contribution in [0.3, 0.4) is 0 Å². The van der Waals surface area contributed by atoms with Crippen molar-refractivity contribution in [3.63, 3.8) is 0 Å². The van der Waals surface area contributed by atoms with Crippen LogP contribution in [0.2, 0.25) is 0 Å². The minimum absolute atomic E-state index is 0.144. The maximum atomic E-state index is 12.0. The number of rotatable bonds is 3. The smallest absolute Gasteiger partial charge is 0.410 e. The Bertz CT molecular complexity index is 391. The van der Waals surface area contributed by atoms with Crippen molar-refractivity contribution in [1.82, 2.24) is 10.2 Å². The van der Waals surface area contributed by atoms with Crippen molar-refractivity contribution in [3.05, 3.63) is 0 Å². The number of likely N-dealkylation sites (tertiary alicyclic amines) is 1. The van der Waals surface area contributed by atoms with Gasteiger partial charge in [-0.1, -0.05) is 0 Å². The van der Waals surface area contributed by atoms with Gasteiger partial charge in [0.15, 0.2) is 0 Å². The molecule has 0 aromatic heterocycles. The number of nitrogens with zero attached hydrogens (tertiary/aromatic N) is 1. The summed E-state index contributed by atoms with van der Waals surface area (Å²) in [5, 5.41) is 1.81. The molecule has 0 bridgehead atoms. The summed E-state index contributed by atoms with van der Waals surface area (Å²) in [7, 11) is 0. The fourth-order valence-corrected chi connectivity index (χ4v) is 2.09. The molecule has 0 radical (unpaired) electrons. The third-order valence-corrected chi connectivity index (χ3v) is 2.91. The summed E-state index contributed by atoms with van der Waals surface area (Å²) in [5.74, 6) is -0.715. The monoisotopic (exact) mass is 310 g/mol. The van der Waals surface area contributed by atoms with Crippen molar-refractivity contribution in [2.45, 2.75) is 57.9 Å². The maximum Gasteiger partial charge on any atom is 0.410 e. The molecule has 1 heterocycles. The Morgan fingerprint density at radius 1 is 1.29 bits per heavy atom. The highest BCUT2D eigenvalue weighted by molar-refractivity contribution is 5.78. The Morgan fingerprint density at radius 3 is 2.43 bits per heavy atom. The summed E-state index contributed by atoms with van der Waals surface area (Å²) in [6, 6.07) is -0.409. The van der Waals surface area contributed by atoms with E-state index >= 15 is 0 Å². The molecule has 1 fully saturated rings. The van der Waals surface area contributed by atoms with Crippen LogP contribution in [0, 0.1) is 0 Å². The zero-order valence-electron chi connectivity index (χ0n) is 12.4. The predicted molar refractivity (Wildman–Crippen MR) is 69.6 cm³/mol. The molecule has 0 aliphatic carbocycles. The average Bonchev–Trinajstić information content (AvgIpc) is 2.71. The van der Waals surface area contributed by atoms with Gasteiger partial charge in [0.2, 0.25) is 5.91 Å². The van der Waals surface area contributed by atoms with E-state index in [2.05, 4.69) is 0 Å². The van der Waals surface area contributed by atoms with Crippen LogP contribution in [-0.2, 0) is 9.53 Å². The lowest BCUT2D eigenvalue weighted by Gasteiger charge is -2.28. The second-order valence-corrected chi connectivity index (χ2v) is 6.07. The topological polar surface area (TPSA) is 58.6 Å². The van der Waals surface area contributed by atoms with Crippen LogP contribution in [0.4, 0.5) is 18.0 Å². The lowest BCUT2D eigenvalue weighted by molar-refractivity contribution is -0.139. The van der Waals surface area contributed by atoms with E-state index in [4.69, 9.17) is 4.74 Å². The predicted octanol–water partition coefficient (Wildman–Crippen LogP) is 2.45. The van der Waals surface area contributed by atoms with Gasteiger partial charge >= 0.3 is 12.3 Å². The highest BCUT2D eigenvalue weighted by Crippen LogP contribution is 2.23. The van der Waals surface area contributed by atoms with E-state index in [1.54, 1.807) is 20.8 Å². The molecule has 0 aromatic carbocycles. The van der Waals surface area contributed by atoms with Gasteiger partial charge in [0.1, 0.15) is 12.1 Å². The van der Waals surface area contributed by atoms with Gasteiger partial charge in [0, 0.05) is 19.0 Å². The summed E-state index contributed by atoms with van der Waals surface area (Å²) in [6.07, 6.45) is -3.82. The number of carbonyl (C=O) groups is 2. The summed E-state index contributed by atoms with van der Waals surface area (Å²) in [6.45, 7) is 4.28. The molecule has 1 aliphatic heterocycles. The Morgan fingerprint density at radius 2 is 1.90 bits per heavy atom. The van der Waals surface area contributed by atoms with Crippen molar-refractivity contribution in [3.8, 4) is 0 Å². The summed E-state index contributed by atoms with van der Waals surface area (Å²) in [5.41, 5.74) is -0.650. The largest absolute Gasteiger partial charge is 0.444 e. The van der Waals surface area contributed by atoms with Gasteiger partial charge < -0.3 is 15.0 Å². The summed E-state index contributed by atoms with van der Waals surface area (Å²) < 4.78 is 41.3. The van der Waals surface area contributed by atoms with Crippen LogP contribution in [0.15, 0.2) is 0 Å². The highest BCUT2D eigenvalue weighted by atomic mass is 19.4. The normalized spacial score (nSPS) is 19.5. The van der Waals surface area contributed by atoms with Gasteiger partial charge in [-0.25, -0.2) is 4.79 Å². The molecular weight excluding hydrogens is 289 g/mol. The number of amides is 2. The van der Waals surface area contributed by atoms with Crippen LogP contribution in [0.1, 0.15) is 40.0 Å². The third-order valence-electron chi connectivity index (χ3n) is 2.91. The molecule has 1 saturated heterocycles. The van der Waals surface area contributed by atoms with Gasteiger partial charge in [-0.05, 0) is 33.6 Å². The van der Waals surface area contributed by atoms with Crippen molar-refractivity contribution >= 4 is 12.0 Å². The van der Waals surface area contributed by atoms with Gasteiger partial charge in [0.25, 0.3) is 0 Å². The number of nitrogens with one attached hydrogen (secondary N) is 1. The highest BCUT2D eigenvalue weighted by Gasteiger charge is 2.34. The van der Waals surface area contributed by atoms with Gasteiger partial charge in [-0.3, -0.25) is 4.79 Å². The molecule has 0 aromatic rings. The number of carbonyl (C=O) groups excluding carboxylic acids is 2. The molecular formula is C13H21F3N2O3. The van der Waals surface area contributed by atoms with Crippen LogP contribution in [-0.4, -0.2) is 47.8 Å². The van der Waals surface area contributed by atoms with Crippen LogP contribution < -0.4 is 5.32 Å². The quantitative estimate of drug-likeness (QED) is 0.871. The fraction of sp³-hybridized carbons (Fsp3) is 0.846. The van der Waals surface area contributed by atoms with E-state index in [1.165, 1.54) is 4.90 Å². The number of hydrogen-bond acceptors (Lipinski definition) is 3. The first-order valence-electron chi connectivity index (χ1n) is 6.81. The summed E-state index contributed by atoms with van der Waals surface area (Å²) in [4.78, 5) is 24.9. The second-order valence-electron chi connectivity index (χ2n) is 6.07. The van der Waals surface area contributed by atoms with E-state index in [-0.39, 0.29) is 6.42 Å². The van der Waals surface area contributed by atoms with E-state index in [0.717, 1.165) is 0 Å². The van der Waals surface area contributed by atoms with Crippen molar-refractivity contribution in [1.29, 1.82) is 0 Å². The third kappa shape index (κ3) is 6.68. The zero-order valence-corrected chi connectivity index (χ0v) is 12.4. The van der Waals surface area contributed by atoms with Crippen molar-refractivity contribution in [2.24, 2.45) is 0 Å². The van der Waals surface area contributed by atoms with E-state index in [1.807, 2.05) is 5.32 Å². The molecule has 1 N–H and O–H groups in total. The SMILES string of the molecule is CC(C)(C)OC(=O)N1CCCC1CC(=O)NCC(F)(F)F. The Kier molecular flexibility index (Phi) is 5.47. The Labute approximate surface area is 121 Å². The van der Waals surface area contributed by atoms with E-state index in [0.29, 0.717) is 19.4 Å². The molecule has 5 nitrogen and oxygen atoms in total. The molecule has 1 atom stereocenters. The molecule has 1 aliphatic rings. The lowest BCUT2D eigenvalue weighted by Crippen LogP contribution is -2.43. The number of halogens is 3. The first-order valence-corrected chi connectivity index (χ1v) is 6.81. The standard InChI is InChI=1S/C13H21F3N2O3/c1-12(2,3)21-11(20)18-6-4-5-9(18)7-10(19)17-8-13(14,15)16/h9H,4-8H2,1-3H3,(H,17,19). The molecule has 8 heteroatoms. The maximum absolute atomic E-state index is 12.0. The first-order chi connectivity index (χ1) is 9.48. The average molecular weight is 310 g/mol. The first kappa shape index (κ1) is 17.6. The minimum atomic E-state index is -4.43. The van der Waals surface area contributed by atoms with Crippen molar-refractivity contribution in [2.75, 3.05) is 13.1 Å². The number of alkyl halides is 3. The Balaban J connectivity index is 2.50. The molecule has 0 saturated carbocycles. The Hall–Kier alpha value is -1.47. The number of ether oxygens (including phenoxy) is 1. The van der Waals surface area contributed by atoms with E-state index in [9.17, 15) is 22.8 Å². The van der Waals surface area contributed by atoms with Gasteiger partial charge in [-0.15, -0.1) is 0 Å². The fourth-order valence-electron chi connectivity index (χ4n) is 2.09. The number of hydrogen-bond donors (Lipinski definition) is 1. The van der Waals surface area contributed by atoms with Crippen LogP contribution >= 0.6 is 0 Å². The van der Waals surface area contributed by atoms with Crippen LogP contribution in [0.5, 0.6) is 0 Å². The van der Waals surface area contributed by atoms with Gasteiger partial charge in [0.05, 0.1) is 0 Å². The molecule has 21 heavy (non-hydrogen) atoms. The molecule has 122 valence electrons.